The van der Waals surface area contributed by atoms with Gasteiger partial charge in [-0.1, -0.05) is 53.6 Å². The summed E-state index contributed by atoms with van der Waals surface area (Å²) in [5.41, 5.74) is 3.55. The van der Waals surface area contributed by atoms with Gasteiger partial charge in [0.05, 0.1) is 4.91 Å². The molecule has 0 bridgehead atoms. The van der Waals surface area contributed by atoms with E-state index in [4.69, 9.17) is 16.3 Å². The lowest BCUT2D eigenvalue weighted by atomic mass is 10.1. The van der Waals surface area contributed by atoms with Gasteiger partial charge in [0, 0.05) is 10.6 Å². The topological polar surface area (TPSA) is 67.8 Å². The zero-order chi connectivity index (χ0) is 22.5. The van der Waals surface area contributed by atoms with Crippen molar-refractivity contribution in [2.24, 2.45) is 4.99 Å². The van der Waals surface area contributed by atoms with Crippen LogP contribution >= 0.6 is 23.4 Å². The fraction of sp³-hybridized carbons (Fsp3) is 0.0800. The van der Waals surface area contributed by atoms with E-state index >= 15 is 0 Å². The van der Waals surface area contributed by atoms with Gasteiger partial charge in [-0.15, -0.1) is 0 Å². The quantitative estimate of drug-likeness (QED) is 0.499. The molecule has 5 nitrogen and oxygen atoms in total. The molecule has 0 radical (unpaired) electrons. The number of amidine groups is 1. The van der Waals surface area contributed by atoms with Gasteiger partial charge in [-0.25, -0.2) is 0 Å². The normalized spacial score (nSPS) is 15.8. The van der Waals surface area contributed by atoms with Crippen molar-refractivity contribution in [2.75, 3.05) is 0 Å². The monoisotopic (exact) mass is 462 g/mol. The fourth-order valence-electron chi connectivity index (χ4n) is 2.89. The van der Waals surface area contributed by atoms with Crippen LogP contribution < -0.4 is 10.1 Å². The molecule has 4 rings (SSSR count). The van der Waals surface area contributed by atoms with Crippen molar-refractivity contribution in [1.29, 1.82) is 0 Å². The van der Waals surface area contributed by atoms with E-state index < -0.39 is 5.91 Å². The number of thioether (sulfide) groups is 1. The second-order valence-electron chi connectivity index (χ2n) is 7.14. The summed E-state index contributed by atoms with van der Waals surface area (Å²) in [5.74, 6) is 0.00483. The summed E-state index contributed by atoms with van der Waals surface area (Å²) in [6.45, 7) is 2.54. The molecule has 1 saturated heterocycles. The molecule has 32 heavy (non-hydrogen) atoms. The number of halogens is 1. The smallest absolute Gasteiger partial charge is 0.279 e. The largest absolute Gasteiger partial charge is 0.489 e. The van der Waals surface area contributed by atoms with Gasteiger partial charge in [-0.2, -0.15) is 4.99 Å². The third kappa shape index (κ3) is 5.66. The van der Waals surface area contributed by atoms with Gasteiger partial charge in [-0.3, -0.25) is 9.59 Å². The van der Waals surface area contributed by atoms with Crippen molar-refractivity contribution in [3.63, 3.8) is 0 Å². The number of nitrogens with zero attached hydrogens (tertiary/aromatic N) is 1. The SMILES string of the molecule is Cc1ccc(COc2ccc(/C=C3\SC(=NC(=O)c4ccc(Cl)cc4)NC3=O)cc2)cc1. The van der Waals surface area contributed by atoms with E-state index in [-0.39, 0.29) is 11.1 Å². The first-order valence-electron chi connectivity index (χ1n) is 9.84. The van der Waals surface area contributed by atoms with Gasteiger partial charge in [0.1, 0.15) is 12.4 Å². The fourth-order valence-corrected chi connectivity index (χ4v) is 3.84. The third-order valence-electron chi connectivity index (χ3n) is 4.65. The van der Waals surface area contributed by atoms with Crippen LogP contribution in [0, 0.1) is 6.92 Å². The van der Waals surface area contributed by atoms with E-state index in [0.717, 1.165) is 28.6 Å². The number of aryl methyl sites for hydroxylation is 1. The Morgan fingerprint density at radius 1 is 1.03 bits per heavy atom. The van der Waals surface area contributed by atoms with E-state index in [1.807, 2.05) is 43.3 Å². The minimum absolute atomic E-state index is 0.249. The van der Waals surface area contributed by atoms with Gasteiger partial charge in [0.25, 0.3) is 11.8 Å². The molecular formula is C25H19ClN2O3S. The first-order valence-corrected chi connectivity index (χ1v) is 11.0. The molecule has 3 aromatic rings. The predicted molar refractivity (Wildman–Crippen MR) is 129 cm³/mol. The number of hydrogen-bond donors (Lipinski definition) is 1. The lowest BCUT2D eigenvalue weighted by Crippen LogP contribution is -2.20. The van der Waals surface area contributed by atoms with Crippen molar-refractivity contribution in [2.45, 2.75) is 13.5 Å². The number of nitrogens with one attached hydrogen (secondary N) is 1. The molecule has 1 fully saturated rings. The Morgan fingerprint density at radius 2 is 1.72 bits per heavy atom. The van der Waals surface area contributed by atoms with Crippen molar-refractivity contribution in [3.8, 4) is 5.75 Å². The minimum Gasteiger partial charge on any atom is -0.489 e. The summed E-state index contributed by atoms with van der Waals surface area (Å²) >= 11 is 6.96. The van der Waals surface area contributed by atoms with Crippen LogP contribution in [0.4, 0.5) is 0 Å². The Kier molecular flexibility index (Phi) is 6.73. The zero-order valence-electron chi connectivity index (χ0n) is 17.2. The summed E-state index contributed by atoms with van der Waals surface area (Å²) in [5, 5.41) is 3.41. The summed E-state index contributed by atoms with van der Waals surface area (Å²) in [4.78, 5) is 29.0. The van der Waals surface area contributed by atoms with Gasteiger partial charge in [0.15, 0.2) is 5.17 Å². The molecular weight excluding hydrogens is 444 g/mol. The first-order chi connectivity index (χ1) is 15.5. The van der Waals surface area contributed by atoms with Crippen LogP contribution in [0.2, 0.25) is 5.02 Å². The predicted octanol–water partition coefficient (Wildman–Crippen LogP) is 5.63. The Bertz CT molecular complexity index is 1200. The van der Waals surface area contributed by atoms with Gasteiger partial charge >= 0.3 is 0 Å². The Morgan fingerprint density at radius 3 is 2.41 bits per heavy atom. The van der Waals surface area contributed by atoms with Crippen LogP contribution in [0.5, 0.6) is 5.75 Å². The molecule has 3 aromatic carbocycles. The van der Waals surface area contributed by atoms with E-state index in [2.05, 4.69) is 22.4 Å². The number of carbonyl (C=O) groups is 2. The van der Waals surface area contributed by atoms with Crippen molar-refractivity contribution in [3.05, 3.63) is 105 Å². The maximum Gasteiger partial charge on any atom is 0.279 e. The molecule has 0 saturated carbocycles. The molecule has 0 aromatic heterocycles. The van der Waals surface area contributed by atoms with Crippen LogP contribution in [0.15, 0.2) is 82.7 Å². The van der Waals surface area contributed by atoms with Crippen molar-refractivity contribution < 1.29 is 14.3 Å². The highest BCUT2D eigenvalue weighted by atomic mass is 35.5. The minimum atomic E-state index is -0.444. The summed E-state index contributed by atoms with van der Waals surface area (Å²) in [6, 6.07) is 22.1. The Labute approximate surface area is 195 Å². The number of aliphatic imine (C=N–C) groups is 1. The maximum atomic E-state index is 12.3. The molecule has 1 aliphatic heterocycles. The molecule has 1 heterocycles. The van der Waals surface area contributed by atoms with Crippen LogP contribution in [0.25, 0.3) is 6.08 Å². The highest BCUT2D eigenvalue weighted by molar-refractivity contribution is 8.18. The van der Waals surface area contributed by atoms with Crippen LogP contribution in [0.3, 0.4) is 0 Å². The molecule has 0 spiro atoms. The summed E-state index contributed by atoms with van der Waals surface area (Å²) in [7, 11) is 0. The van der Waals surface area contributed by atoms with Crippen molar-refractivity contribution in [1.82, 2.24) is 5.32 Å². The van der Waals surface area contributed by atoms with E-state index in [9.17, 15) is 9.59 Å². The molecule has 0 atom stereocenters. The maximum absolute atomic E-state index is 12.3. The number of carbonyl (C=O) groups excluding carboxylic acids is 2. The summed E-state index contributed by atoms with van der Waals surface area (Å²) < 4.78 is 5.82. The molecule has 2 amide bonds. The van der Waals surface area contributed by atoms with Crippen LogP contribution in [-0.4, -0.2) is 17.0 Å². The highest BCUT2D eigenvalue weighted by Gasteiger charge is 2.24. The van der Waals surface area contributed by atoms with Gasteiger partial charge in [0.2, 0.25) is 0 Å². The average Bonchev–Trinajstić information content (AvgIpc) is 3.13. The third-order valence-corrected chi connectivity index (χ3v) is 5.81. The molecule has 0 aliphatic carbocycles. The molecule has 1 N–H and O–H groups in total. The van der Waals surface area contributed by atoms with E-state index in [1.54, 1.807) is 30.3 Å². The van der Waals surface area contributed by atoms with Gasteiger partial charge < -0.3 is 10.1 Å². The first kappa shape index (κ1) is 21.9. The van der Waals surface area contributed by atoms with Crippen molar-refractivity contribution >= 4 is 46.4 Å². The average molecular weight is 463 g/mol. The number of ether oxygens (including phenoxy) is 1. The van der Waals surface area contributed by atoms with Gasteiger partial charge in [-0.05, 0) is 72.3 Å². The number of rotatable bonds is 5. The van der Waals surface area contributed by atoms with E-state index in [1.165, 1.54) is 5.56 Å². The second-order valence-corrected chi connectivity index (χ2v) is 8.60. The molecule has 160 valence electrons. The number of hydrogen-bond acceptors (Lipinski definition) is 4. The second kappa shape index (κ2) is 9.85. The molecule has 7 heteroatoms. The Hall–Kier alpha value is -3.35. The number of benzene rings is 3. The molecule has 1 aliphatic rings. The highest BCUT2D eigenvalue weighted by Crippen LogP contribution is 2.27. The lowest BCUT2D eigenvalue weighted by Gasteiger charge is -2.07. The Balaban J connectivity index is 1.39. The van der Waals surface area contributed by atoms with Crippen LogP contribution in [-0.2, 0) is 11.4 Å². The summed E-state index contributed by atoms with van der Waals surface area (Å²) in [6.07, 6.45) is 1.75. The van der Waals surface area contributed by atoms with E-state index in [0.29, 0.717) is 22.1 Å². The number of amides is 2. The zero-order valence-corrected chi connectivity index (χ0v) is 18.7. The standard InChI is InChI=1S/C25H19ClN2O3S/c1-16-2-4-18(5-3-16)15-31-21-12-6-17(7-13-21)14-22-24(30)28-25(32-22)27-23(29)19-8-10-20(26)11-9-19/h2-14H,15H2,1H3,(H,27,28,29,30)/b22-14-. The lowest BCUT2D eigenvalue weighted by molar-refractivity contribution is -0.115. The van der Waals surface area contributed by atoms with Crippen LogP contribution in [0.1, 0.15) is 27.0 Å². The molecule has 0 unspecified atom stereocenters.